The van der Waals surface area contributed by atoms with Gasteiger partial charge in [-0.2, -0.15) is 0 Å². The first-order valence-electron chi connectivity index (χ1n) is 6.68. The standard InChI is InChI=1S/C17H14ClNO2/c18-14-6-2-7-15(12-14)20-10-11-21-16-8-1-4-13-5-3-9-19-17(13)16/h1-9,12H,10-11H2. The molecule has 0 aliphatic heterocycles. The smallest absolute Gasteiger partial charge is 0.145 e. The predicted octanol–water partition coefficient (Wildman–Crippen LogP) is 4.35. The number of hydrogen-bond acceptors (Lipinski definition) is 3. The summed E-state index contributed by atoms with van der Waals surface area (Å²) in [7, 11) is 0. The third kappa shape index (κ3) is 3.44. The first kappa shape index (κ1) is 13.7. The average Bonchev–Trinajstić information content (AvgIpc) is 2.52. The Morgan fingerprint density at radius 3 is 2.62 bits per heavy atom. The number of nitrogens with zero attached hydrogens (tertiary/aromatic N) is 1. The van der Waals surface area contributed by atoms with Gasteiger partial charge in [-0.3, -0.25) is 4.98 Å². The number of para-hydroxylation sites is 1. The first-order chi connectivity index (χ1) is 10.3. The Labute approximate surface area is 128 Å². The molecule has 0 spiro atoms. The summed E-state index contributed by atoms with van der Waals surface area (Å²) in [6.07, 6.45) is 1.76. The molecule has 0 aliphatic rings. The molecule has 3 nitrogen and oxygen atoms in total. The molecule has 0 N–H and O–H groups in total. The Hall–Kier alpha value is -2.26. The summed E-state index contributed by atoms with van der Waals surface area (Å²) in [5.74, 6) is 1.50. The van der Waals surface area contributed by atoms with Gasteiger partial charge in [0.05, 0.1) is 0 Å². The van der Waals surface area contributed by atoms with Crippen LogP contribution < -0.4 is 9.47 Å². The SMILES string of the molecule is Clc1cccc(OCCOc2cccc3cccnc23)c1. The molecule has 21 heavy (non-hydrogen) atoms. The topological polar surface area (TPSA) is 31.4 Å². The summed E-state index contributed by atoms with van der Waals surface area (Å²) in [6, 6.07) is 17.1. The van der Waals surface area contributed by atoms with Crippen molar-refractivity contribution in [2.75, 3.05) is 13.2 Å². The zero-order valence-corrected chi connectivity index (χ0v) is 12.1. The molecule has 0 fully saturated rings. The van der Waals surface area contributed by atoms with Crippen LogP contribution in [0.2, 0.25) is 5.02 Å². The fraction of sp³-hybridized carbons (Fsp3) is 0.118. The highest BCUT2D eigenvalue weighted by atomic mass is 35.5. The van der Waals surface area contributed by atoms with Gasteiger partial charge in [-0.05, 0) is 30.3 Å². The number of hydrogen-bond donors (Lipinski definition) is 0. The lowest BCUT2D eigenvalue weighted by Gasteiger charge is -2.10. The van der Waals surface area contributed by atoms with E-state index in [1.54, 1.807) is 12.3 Å². The molecule has 3 aromatic rings. The highest BCUT2D eigenvalue weighted by Gasteiger charge is 2.02. The first-order valence-corrected chi connectivity index (χ1v) is 7.06. The van der Waals surface area contributed by atoms with Crippen LogP contribution in [0.1, 0.15) is 0 Å². The second-order valence-corrected chi connectivity index (χ2v) is 4.92. The molecule has 0 saturated heterocycles. The van der Waals surface area contributed by atoms with Crippen molar-refractivity contribution in [2.24, 2.45) is 0 Å². The second kappa shape index (κ2) is 6.46. The Morgan fingerprint density at radius 1 is 0.905 bits per heavy atom. The van der Waals surface area contributed by atoms with Crippen LogP contribution in [0.3, 0.4) is 0 Å². The molecular formula is C17H14ClNO2. The number of rotatable bonds is 5. The summed E-state index contributed by atoms with van der Waals surface area (Å²) < 4.78 is 11.3. The van der Waals surface area contributed by atoms with Gasteiger partial charge in [0, 0.05) is 16.6 Å². The van der Waals surface area contributed by atoms with Crippen molar-refractivity contribution in [3.05, 3.63) is 65.8 Å². The molecule has 0 amide bonds. The molecule has 0 atom stereocenters. The minimum absolute atomic E-state index is 0.447. The number of ether oxygens (including phenoxy) is 2. The van der Waals surface area contributed by atoms with E-state index in [1.165, 1.54) is 0 Å². The van der Waals surface area contributed by atoms with Crippen LogP contribution in [0.25, 0.3) is 10.9 Å². The van der Waals surface area contributed by atoms with Gasteiger partial charge in [0.1, 0.15) is 30.2 Å². The molecule has 1 aromatic heterocycles. The molecule has 4 heteroatoms. The average molecular weight is 300 g/mol. The molecule has 3 rings (SSSR count). The van der Waals surface area contributed by atoms with E-state index in [0.29, 0.717) is 18.2 Å². The van der Waals surface area contributed by atoms with Crippen molar-refractivity contribution >= 4 is 22.5 Å². The monoisotopic (exact) mass is 299 g/mol. The molecule has 0 unspecified atom stereocenters. The quantitative estimate of drug-likeness (QED) is 0.657. The van der Waals surface area contributed by atoms with Crippen LogP contribution in [0.4, 0.5) is 0 Å². The lowest BCUT2D eigenvalue weighted by atomic mass is 10.2. The zero-order valence-electron chi connectivity index (χ0n) is 11.3. The van der Waals surface area contributed by atoms with Crippen LogP contribution in [-0.4, -0.2) is 18.2 Å². The molecule has 0 radical (unpaired) electrons. The van der Waals surface area contributed by atoms with Crippen molar-refractivity contribution in [1.29, 1.82) is 0 Å². The highest BCUT2D eigenvalue weighted by Crippen LogP contribution is 2.23. The third-order valence-electron chi connectivity index (χ3n) is 3.00. The van der Waals surface area contributed by atoms with E-state index in [0.717, 1.165) is 22.4 Å². The number of pyridine rings is 1. The van der Waals surface area contributed by atoms with Gasteiger partial charge in [-0.1, -0.05) is 35.9 Å². The summed E-state index contributed by atoms with van der Waals surface area (Å²) in [5.41, 5.74) is 0.864. The van der Waals surface area contributed by atoms with E-state index < -0.39 is 0 Å². The number of halogens is 1. The summed E-state index contributed by atoms with van der Waals surface area (Å²) in [5, 5.41) is 1.72. The lowest BCUT2D eigenvalue weighted by Crippen LogP contribution is -2.09. The fourth-order valence-electron chi connectivity index (χ4n) is 2.06. The molecule has 0 bridgehead atoms. The minimum Gasteiger partial charge on any atom is -0.490 e. The van der Waals surface area contributed by atoms with Crippen LogP contribution in [0.15, 0.2) is 60.8 Å². The summed E-state index contributed by atoms with van der Waals surface area (Å²) >= 11 is 5.90. The van der Waals surface area contributed by atoms with Crippen molar-refractivity contribution < 1.29 is 9.47 Å². The molecule has 0 saturated carbocycles. The minimum atomic E-state index is 0.447. The normalized spacial score (nSPS) is 10.5. The fourth-order valence-corrected chi connectivity index (χ4v) is 2.24. The van der Waals surface area contributed by atoms with Gasteiger partial charge in [0.2, 0.25) is 0 Å². The third-order valence-corrected chi connectivity index (χ3v) is 3.24. The van der Waals surface area contributed by atoms with Crippen molar-refractivity contribution in [3.63, 3.8) is 0 Å². The van der Waals surface area contributed by atoms with E-state index >= 15 is 0 Å². The van der Waals surface area contributed by atoms with Crippen molar-refractivity contribution in [3.8, 4) is 11.5 Å². The van der Waals surface area contributed by atoms with Gasteiger partial charge in [0.25, 0.3) is 0 Å². The molecular weight excluding hydrogens is 286 g/mol. The highest BCUT2D eigenvalue weighted by molar-refractivity contribution is 6.30. The molecule has 106 valence electrons. The lowest BCUT2D eigenvalue weighted by molar-refractivity contribution is 0.218. The molecule has 1 heterocycles. The maximum Gasteiger partial charge on any atom is 0.145 e. The van der Waals surface area contributed by atoms with E-state index in [4.69, 9.17) is 21.1 Å². The number of fused-ring (bicyclic) bond motifs is 1. The Morgan fingerprint density at radius 2 is 1.71 bits per heavy atom. The van der Waals surface area contributed by atoms with Crippen LogP contribution in [0.5, 0.6) is 11.5 Å². The number of benzene rings is 2. The van der Waals surface area contributed by atoms with Crippen LogP contribution in [-0.2, 0) is 0 Å². The van der Waals surface area contributed by atoms with Gasteiger partial charge >= 0.3 is 0 Å². The largest absolute Gasteiger partial charge is 0.490 e. The Kier molecular flexibility index (Phi) is 4.22. The summed E-state index contributed by atoms with van der Waals surface area (Å²) in [6.45, 7) is 0.895. The van der Waals surface area contributed by atoms with Crippen molar-refractivity contribution in [2.45, 2.75) is 0 Å². The van der Waals surface area contributed by atoms with E-state index in [-0.39, 0.29) is 0 Å². The predicted molar refractivity (Wildman–Crippen MR) is 84.2 cm³/mol. The van der Waals surface area contributed by atoms with E-state index in [1.807, 2.05) is 48.5 Å². The van der Waals surface area contributed by atoms with Gasteiger partial charge in [0.15, 0.2) is 0 Å². The Bertz CT molecular complexity index is 740. The van der Waals surface area contributed by atoms with Gasteiger partial charge in [-0.25, -0.2) is 0 Å². The Balaban J connectivity index is 1.60. The van der Waals surface area contributed by atoms with Gasteiger partial charge in [-0.15, -0.1) is 0 Å². The number of aromatic nitrogens is 1. The zero-order chi connectivity index (χ0) is 14.5. The maximum atomic E-state index is 5.90. The van der Waals surface area contributed by atoms with E-state index in [2.05, 4.69) is 4.98 Å². The second-order valence-electron chi connectivity index (χ2n) is 4.49. The van der Waals surface area contributed by atoms with Crippen molar-refractivity contribution in [1.82, 2.24) is 4.98 Å². The molecule has 2 aromatic carbocycles. The molecule has 0 aliphatic carbocycles. The van der Waals surface area contributed by atoms with Gasteiger partial charge < -0.3 is 9.47 Å². The van der Waals surface area contributed by atoms with E-state index in [9.17, 15) is 0 Å². The van der Waals surface area contributed by atoms with Crippen LogP contribution >= 0.6 is 11.6 Å². The maximum absolute atomic E-state index is 5.90. The van der Waals surface area contributed by atoms with Crippen LogP contribution in [0, 0.1) is 0 Å². The summed E-state index contributed by atoms with van der Waals surface area (Å²) in [4.78, 5) is 4.35.